The van der Waals surface area contributed by atoms with Crippen molar-refractivity contribution in [2.45, 2.75) is 33.7 Å². The highest BCUT2D eigenvalue weighted by Gasteiger charge is 2.06. The van der Waals surface area contributed by atoms with Crippen LogP contribution in [0.1, 0.15) is 30.0 Å². The molecule has 0 aliphatic heterocycles. The minimum atomic E-state index is 0.727. The van der Waals surface area contributed by atoms with E-state index in [-0.39, 0.29) is 0 Å². The van der Waals surface area contributed by atoms with E-state index in [1.165, 1.54) is 11.4 Å². The molecule has 80 valence electrons. The first-order valence-corrected chi connectivity index (χ1v) is 5.27. The molecule has 0 radical (unpaired) electrons. The Hall–Kier alpha value is -1.51. The van der Waals surface area contributed by atoms with Crippen molar-refractivity contribution in [2.75, 3.05) is 0 Å². The molecule has 2 heterocycles. The van der Waals surface area contributed by atoms with Gasteiger partial charge in [0.15, 0.2) is 0 Å². The maximum absolute atomic E-state index is 5.58. The number of hydrogen-bond donors (Lipinski definition) is 0. The van der Waals surface area contributed by atoms with Crippen LogP contribution in [0.4, 0.5) is 0 Å². The topological polar surface area (TPSA) is 31.0 Å². The first-order valence-electron chi connectivity index (χ1n) is 5.27. The van der Waals surface area contributed by atoms with Crippen LogP contribution in [0.5, 0.6) is 0 Å². The minimum Gasteiger partial charge on any atom is -0.444 e. The van der Waals surface area contributed by atoms with Crippen LogP contribution in [0, 0.1) is 13.8 Å². The maximum atomic E-state index is 5.58. The lowest BCUT2D eigenvalue weighted by Crippen LogP contribution is -2.03. The summed E-state index contributed by atoms with van der Waals surface area (Å²) in [6.45, 7) is 6.98. The van der Waals surface area contributed by atoms with Crippen molar-refractivity contribution < 1.29 is 4.42 Å². The van der Waals surface area contributed by atoms with E-state index in [9.17, 15) is 0 Å². The highest BCUT2D eigenvalue weighted by molar-refractivity contribution is 5.14. The van der Waals surface area contributed by atoms with Crippen LogP contribution in [0.15, 0.2) is 22.7 Å². The Balaban J connectivity index is 2.21. The third-order valence-electron chi connectivity index (χ3n) is 2.66. The SMILES string of the molecule is CCc1cnc(Cn2c(C)ccc2C)o1. The van der Waals surface area contributed by atoms with Gasteiger partial charge in [-0.15, -0.1) is 0 Å². The van der Waals surface area contributed by atoms with Crippen molar-refractivity contribution in [3.05, 3.63) is 41.4 Å². The zero-order valence-corrected chi connectivity index (χ0v) is 9.45. The van der Waals surface area contributed by atoms with Gasteiger partial charge in [-0.3, -0.25) is 0 Å². The molecule has 3 nitrogen and oxygen atoms in total. The van der Waals surface area contributed by atoms with E-state index < -0.39 is 0 Å². The van der Waals surface area contributed by atoms with Crippen LogP contribution < -0.4 is 0 Å². The van der Waals surface area contributed by atoms with Gasteiger partial charge < -0.3 is 8.98 Å². The predicted molar refractivity (Wildman–Crippen MR) is 58.9 cm³/mol. The van der Waals surface area contributed by atoms with Gasteiger partial charge in [0, 0.05) is 17.8 Å². The van der Waals surface area contributed by atoms with E-state index in [4.69, 9.17) is 4.42 Å². The molecule has 0 aromatic carbocycles. The molecule has 0 spiro atoms. The Morgan fingerprint density at radius 2 is 1.93 bits per heavy atom. The Morgan fingerprint density at radius 3 is 2.47 bits per heavy atom. The molecule has 0 bridgehead atoms. The summed E-state index contributed by atoms with van der Waals surface area (Å²) in [5.74, 6) is 1.74. The van der Waals surface area contributed by atoms with Gasteiger partial charge in [0.1, 0.15) is 5.76 Å². The van der Waals surface area contributed by atoms with Crippen molar-refractivity contribution >= 4 is 0 Å². The molecule has 2 rings (SSSR count). The molecular formula is C12H16N2O. The molecule has 0 fully saturated rings. The zero-order chi connectivity index (χ0) is 10.8. The number of hydrogen-bond acceptors (Lipinski definition) is 2. The van der Waals surface area contributed by atoms with Gasteiger partial charge in [-0.05, 0) is 26.0 Å². The molecule has 0 atom stereocenters. The van der Waals surface area contributed by atoms with Crippen molar-refractivity contribution in [2.24, 2.45) is 0 Å². The fourth-order valence-corrected chi connectivity index (χ4v) is 1.67. The molecule has 0 N–H and O–H groups in total. The lowest BCUT2D eigenvalue weighted by atomic mass is 10.4. The van der Waals surface area contributed by atoms with E-state index in [1.807, 2.05) is 6.20 Å². The molecule has 0 saturated carbocycles. The molecular weight excluding hydrogens is 188 g/mol. The van der Waals surface area contributed by atoms with E-state index in [0.29, 0.717) is 0 Å². The Kier molecular flexibility index (Phi) is 2.62. The molecule has 0 unspecified atom stereocenters. The van der Waals surface area contributed by atoms with Crippen LogP contribution in [0.25, 0.3) is 0 Å². The summed E-state index contributed by atoms with van der Waals surface area (Å²) in [5.41, 5.74) is 2.48. The number of aryl methyl sites for hydroxylation is 3. The lowest BCUT2D eigenvalue weighted by Gasteiger charge is -2.05. The van der Waals surface area contributed by atoms with Crippen LogP contribution in [-0.4, -0.2) is 9.55 Å². The average Bonchev–Trinajstić information content (AvgIpc) is 2.80. The molecule has 2 aromatic rings. The normalized spacial score (nSPS) is 10.9. The van der Waals surface area contributed by atoms with Crippen LogP contribution in [0.2, 0.25) is 0 Å². The summed E-state index contributed by atoms with van der Waals surface area (Å²) >= 11 is 0. The molecule has 0 aliphatic carbocycles. The number of aromatic nitrogens is 2. The van der Waals surface area contributed by atoms with Crippen LogP contribution in [-0.2, 0) is 13.0 Å². The van der Waals surface area contributed by atoms with Crippen molar-refractivity contribution in [3.63, 3.8) is 0 Å². The monoisotopic (exact) mass is 204 g/mol. The van der Waals surface area contributed by atoms with E-state index >= 15 is 0 Å². The highest BCUT2D eigenvalue weighted by Crippen LogP contribution is 2.11. The second kappa shape index (κ2) is 3.93. The van der Waals surface area contributed by atoms with E-state index in [0.717, 1.165) is 24.6 Å². The summed E-state index contributed by atoms with van der Waals surface area (Å²) in [7, 11) is 0. The third-order valence-corrected chi connectivity index (χ3v) is 2.66. The van der Waals surface area contributed by atoms with Gasteiger partial charge in [0.25, 0.3) is 0 Å². The Labute approximate surface area is 89.7 Å². The third kappa shape index (κ3) is 1.96. The van der Waals surface area contributed by atoms with E-state index in [1.54, 1.807) is 0 Å². The fraction of sp³-hybridized carbons (Fsp3) is 0.417. The van der Waals surface area contributed by atoms with Crippen molar-refractivity contribution in [1.29, 1.82) is 0 Å². The summed E-state index contributed by atoms with van der Waals surface area (Å²) in [5, 5.41) is 0. The first-order chi connectivity index (χ1) is 7.20. The van der Waals surface area contributed by atoms with Crippen LogP contribution in [0.3, 0.4) is 0 Å². The summed E-state index contributed by atoms with van der Waals surface area (Å²) in [6.07, 6.45) is 2.71. The van der Waals surface area contributed by atoms with Gasteiger partial charge in [-0.1, -0.05) is 6.92 Å². The van der Waals surface area contributed by atoms with Crippen molar-refractivity contribution in [3.8, 4) is 0 Å². The minimum absolute atomic E-state index is 0.727. The number of rotatable bonds is 3. The van der Waals surface area contributed by atoms with Gasteiger partial charge in [-0.2, -0.15) is 0 Å². The molecule has 0 aliphatic rings. The predicted octanol–water partition coefficient (Wildman–Crippen LogP) is 2.70. The Bertz CT molecular complexity index is 434. The van der Waals surface area contributed by atoms with E-state index in [2.05, 4.69) is 42.5 Å². The summed E-state index contributed by atoms with van der Waals surface area (Å²) in [4.78, 5) is 4.26. The summed E-state index contributed by atoms with van der Waals surface area (Å²) in [6, 6.07) is 4.22. The first kappa shape index (κ1) is 10.0. The highest BCUT2D eigenvalue weighted by atomic mass is 16.4. The van der Waals surface area contributed by atoms with Crippen molar-refractivity contribution in [1.82, 2.24) is 9.55 Å². The zero-order valence-electron chi connectivity index (χ0n) is 9.45. The smallest absolute Gasteiger partial charge is 0.214 e. The maximum Gasteiger partial charge on any atom is 0.214 e. The van der Waals surface area contributed by atoms with Gasteiger partial charge in [0.05, 0.1) is 12.7 Å². The average molecular weight is 204 g/mol. The largest absolute Gasteiger partial charge is 0.444 e. The van der Waals surface area contributed by atoms with Gasteiger partial charge >= 0.3 is 0 Å². The standard InChI is InChI=1S/C12H16N2O/c1-4-11-7-13-12(15-11)8-14-9(2)5-6-10(14)3/h5-7H,4,8H2,1-3H3. The quantitative estimate of drug-likeness (QED) is 0.769. The molecule has 0 amide bonds. The fourth-order valence-electron chi connectivity index (χ4n) is 1.67. The molecule has 15 heavy (non-hydrogen) atoms. The van der Waals surface area contributed by atoms with Gasteiger partial charge in [0.2, 0.25) is 5.89 Å². The molecule has 3 heteroatoms. The molecule has 0 saturated heterocycles. The second-order valence-corrected chi connectivity index (χ2v) is 3.78. The number of nitrogens with zero attached hydrogens (tertiary/aromatic N) is 2. The molecule has 2 aromatic heterocycles. The Morgan fingerprint density at radius 1 is 1.27 bits per heavy atom. The number of oxazole rings is 1. The van der Waals surface area contributed by atoms with Gasteiger partial charge in [-0.25, -0.2) is 4.98 Å². The summed E-state index contributed by atoms with van der Waals surface area (Å²) < 4.78 is 7.78. The van der Waals surface area contributed by atoms with Crippen LogP contribution >= 0.6 is 0 Å². The lowest BCUT2D eigenvalue weighted by molar-refractivity contribution is 0.443. The second-order valence-electron chi connectivity index (χ2n) is 3.78.